The summed E-state index contributed by atoms with van der Waals surface area (Å²) in [4.78, 5) is 12.4. The molecule has 0 aliphatic carbocycles. The van der Waals surface area contributed by atoms with E-state index in [1.807, 2.05) is 31.2 Å². The molecule has 124 valence electrons. The Balaban J connectivity index is 2.23. The Kier molecular flexibility index (Phi) is 4.69. The molecule has 0 amide bonds. The summed E-state index contributed by atoms with van der Waals surface area (Å²) >= 11 is 12.8. The van der Waals surface area contributed by atoms with Crippen LogP contribution in [0.3, 0.4) is 0 Å². The van der Waals surface area contributed by atoms with Gasteiger partial charge in [-0.25, -0.2) is 4.79 Å². The summed E-state index contributed by atoms with van der Waals surface area (Å²) in [5.74, 6) is -0.443. The van der Waals surface area contributed by atoms with Crippen LogP contribution < -0.4 is 10.6 Å². The highest BCUT2D eigenvalue weighted by atomic mass is 35.5. The summed E-state index contributed by atoms with van der Waals surface area (Å²) in [6, 6.07) is 12.4. The number of nitrogens with one attached hydrogen (secondary N) is 2. The number of fused-ring (bicyclic) bond motifs is 1. The van der Waals surface area contributed by atoms with Crippen molar-refractivity contribution in [2.24, 2.45) is 0 Å². The fourth-order valence-corrected chi connectivity index (χ4v) is 3.43. The molecule has 1 aliphatic heterocycles. The number of anilines is 2. The first-order valence-corrected chi connectivity index (χ1v) is 8.14. The Labute approximate surface area is 150 Å². The van der Waals surface area contributed by atoms with Crippen molar-refractivity contribution in [2.45, 2.75) is 13.0 Å². The lowest BCUT2D eigenvalue weighted by Gasteiger charge is -2.23. The zero-order valence-corrected chi connectivity index (χ0v) is 14.7. The minimum absolute atomic E-state index is 0.434. The van der Waals surface area contributed by atoms with Crippen LogP contribution in [0.5, 0.6) is 0 Å². The number of halogens is 2. The Bertz CT molecular complexity index is 813. The number of para-hydroxylation sites is 2. The Morgan fingerprint density at radius 2 is 1.67 bits per heavy atom. The molecule has 1 atom stereocenters. The zero-order chi connectivity index (χ0) is 17.3. The first kappa shape index (κ1) is 16.7. The second-order valence-electron chi connectivity index (χ2n) is 5.41. The molecule has 1 heterocycles. The van der Waals surface area contributed by atoms with Crippen molar-refractivity contribution in [3.63, 3.8) is 0 Å². The van der Waals surface area contributed by atoms with Gasteiger partial charge in [0.2, 0.25) is 0 Å². The molecule has 0 saturated carbocycles. The summed E-state index contributed by atoms with van der Waals surface area (Å²) in [7, 11) is 1.35. The third-order valence-electron chi connectivity index (χ3n) is 3.94. The van der Waals surface area contributed by atoms with Gasteiger partial charge in [0.15, 0.2) is 0 Å². The molecule has 1 aliphatic rings. The summed E-state index contributed by atoms with van der Waals surface area (Å²) < 4.78 is 4.98. The molecule has 0 radical (unpaired) electrons. The molecule has 2 aromatic carbocycles. The molecule has 0 aromatic heterocycles. The molecule has 0 saturated heterocycles. The summed E-state index contributed by atoms with van der Waals surface area (Å²) in [6.07, 6.45) is 0. The Hall–Kier alpha value is -2.17. The van der Waals surface area contributed by atoms with Gasteiger partial charge in [0.25, 0.3) is 0 Å². The van der Waals surface area contributed by atoms with Crippen molar-refractivity contribution in [2.75, 3.05) is 17.7 Å². The quantitative estimate of drug-likeness (QED) is 0.736. The molecule has 24 heavy (non-hydrogen) atoms. The van der Waals surface area contributed by atoms with Crippen LogP contribution in [0.25, 0.3) is 0 Å². The van der Waals surface area contributed by atoms with Crippen molar-refractivity contribution in [1.82, 2.24) is 0 Å². The molecule has 0 fully saturated rings. The predicted molar refractivity (Wildman–Crippen MR) is 97.6 cm³/mol. The largest absolute Gasteiger partial charge is 0.466 e. The van der Waals surface area contributed by atoms with Crippen LogP contribution in [-0.2, 0) is 9.53 Å². The standard InChI is InChI=1S/C18H16Cl2N2O2/c1-10-15(18(23)24-2)17(16-11(19)6-5-7-12(16)20)22-14-9-4-3-8-13(14)21-10/h3-9,17,21-22H,1-2H3. The van der Waals surface area contributed by atoms with E-state index in [9.17, 15) is 4.79 Å². The molecule has 0 bridgehead atoms. The number of allylic oxidation sites excluding steroid dienone is 1. The van der Waals surface area contributed by atoms with Gasteiger partial charge < -0.3 is 15.4 Å². The van der Waals surface area contributed by atoms with Gasteiger partial charge in [-0.15, -0.1) is 0 Å². The molecule has 6 heteroatoms. The van der Waals surface area contributed by atoms with E-state index in [-0.39, 0.29) is 0 Å². The van der Waals surface area contributed by atoms with E-state index in [4.69, 9.17) is 27.9 Å². The number of rotatable bonds is 2. The van der Waals surface area contributed by atoms with Gasteiger partial charge in [-0.1, -0.05) is 41.4 Å². The smallest absolute Gasteiger partial charge is 0.337 e. The number of hydrogen-bond acceptors (Lipinski definition) is 4. The summed E-state index contributed by atoms with van der Waals surface area (Å²) in [5, 5.41) is 7.58. The SMILES string of the molecule is COC(=O)C1=C(C)Nc2ccccc2NC1c1c(Cl)cccc1Cl. The van der Waals surface area contributed by atoms with Gasteiger partial charge in [0.1, 0.15) is 0 Å². The van der Waals surface area contributed by atoms with Crippen LogP contribution in [-0.4, -0.2) is 13.1 Å². The minimum Gasteiger partial charge on any atom is -0.466 e. The lowest BCUT2D eigenvalue weighted by molar-refractivity contribution is -0.136. The normalized spacial score (nSPS) is 16.6. The molecule has 2 aromatic rings. The fourth-order valence-electron chi connectivity index (χ4n) is 2.82. The van der Waals surface area contributed by atoms with Crippen molar-refractivity contribution < 1.29 is 9.53 Å². The molecular formula is C18H16Cl2N2O2. The monoisotopic (exact) mass is 362 g/mol. The molecule has 1 unspecified atom stereocenters. The van der Waals surface area contributed by atoms with Crippen LogP contribution in [0.15, 0.2) is 53.7 Å². The van der Waals surface area contributed by atoms with Gasteiger partial charge >= 0.3 is 5.97 Å². The lowest BCUT2D eigenvalue weighted by atomic mass is 9.97. The van der Waals surface area contributed by atoms with Crippen LogP contribution in [0.1, 0.15) is 18.5 Å². The van der Waals surface area contributed by atoms with E-state index in [1.54, 1.807) is 18.2 Å². The highest BCUT2D eigenvalue weighted by Gasteiger charge is 2.32. The van der Waals surface area contributed by atoms with Crippen molar-refractivity contribution in [3.8, 4) is 0 Å². The maximum atomic E-state index is 12.4. The fraction of sp³-hybridized carbons (Fsp3) is 0.167. The van der Waals surface area contributed by atoms with Gasteiger partial charge in [-0.2, -0.15) is 0 Å². The van der Waals surface area contributed by atoms with E-state index in [1.165, 1.54) is 7.11 Å². The van der Waals surface area contributed by atoms with Gasteiger partial charge in [0, 0.05) is 21.3 Å². The van der Waals surface area contributed by atoms with Crippen molar-refractivity contribution in [1.29, 1.82) is 0 Å². The first-order chi connectivity index (χ1) is 11.5. The average Bonchev–Trinajstić information content (AvgIpc) is 2.70. The third-order valence-corrected chi connectivity index (χ3v) is 4.59. The maximum Gasteiger partial charge on any atom is 0.337 e. The minimum atomic E-state index is -0.533. The summed E-state index contributed by atoms with van der Waals surface area (Å²) in [5.41, 5.74) is 3.46. The zero-order valence-electron chi connectivity index (χ0n) is 13.2. The highest BCUT2D eigenvalue weighted by molar-refractivity contribution is 6.36. The summed E-state index contributed by atoms with van der Waals surface area (Å²) in [6.45, 7) is 1.83. The molecule has 0 spiro atoms. The Morgan fingerprint density at radius 3 is 2.29 bits per heavy atom. The van der Waals surface area contributed by atoms with E-state index in [0.717, 1.165) is 11.4 Å². The van der Waals surface area contributed by atoms with Gasteiger partial charge in [0.05, 0.1) is 30.1 Å². The number of carbonyl (C=O) groups excluding carboxylic acids is 1. The van der Waals surface area contributed by atoms with E-state index < -0.39 is 12.0 Å². The van der Waals surface area contributed by atoms with Gasteiger partial charge in [-0.3, -0.25) is 0 Å². The maximum absolute atomic E-state index is 12.4. The van der Waals surface area contributed by atoms with Gasteiger partial charge in [-0.05, 0) is 31.2 Å². The lowest BCUT2D eigenvalue weighted by Crippen LogP contribution is -2.21. The first-order valence-electron chi connectivity index (χ1n) is 7.38. The molecule has 2 N–H and O–H groups in total. The number of methoxy groups -OCH3 is 1. The predicted octanol–water partition coefficient (Wildman–Crippen LogP) is 5.02. The van der Waals surface area contributed by atoms with Crippen molar-refractivity contribution in [3.05, 3.63) is 69.3 Å². The Morgan fingerprint density at radius 1 is 1.04 bits per heavy atom. The van der Waals surface area contributed by atoms with Crippen LogP contribution >= 0.6 is 23.2 Å². The number of ether oxygens (including phenoxy) is 1. The molecule has 3 rings (SSSR count). The third kappa shape index (κ3) is 2.95. The number of hydrogen-bond donors (Lipinski definition) is 2. The van der Waals surface area contributed by atoms with E-state index in [2.05, 4.69) is 10.6 Å². The second-order valence-corrected chi connectivity index (χ2v) is 6.23. The highest BCUT2D eigenvalue weighted by Crippen LogP contribution is 2.41. The number of benzene rings is 2. The van der Waals surface area contributed by atoms with Crippen LogP contribution in [0.2, 0.25) is 10.0 Å². The topological polar surface area (TPSA) is 50.4 Å². The van der Waals surface area contributed by atoms with E-state index >= 15 is 0 Å². The van der Waals surface area contributed by atoms with Crippen molar-refractivity contribution >= 4 is 40.5 Å². The number of esters is 1. The van der Waals surface area contributed by atoms with E-state index in [0.29, 0.717) is 26.9 Å². The average molecular weight is 363 g/mol. The van der Waals surface area contributed by atoms with Crippen LogP contribution in [0.4, 0.5) is 11.4 Å². The second kappa shape index (κ2) is 6.75. The molecule has 4 nitrogen and oxygen atoms in total. The molecular weight excluding hydrogens is 347 g/mol. The number of carbonyl (C=O) groups is 1. The van der Waals surface area contributed by atoms with Crippen LogP contribution in [0, 0.1) is 0 Å².